The van der Waals surface area contributed by atoms with Crippen LogP contribution >= 0.6 is 0 Å². The SMILES string of the molecule is CCCCCCC(=O)c1ccc(Oc2ccccc2)cc1. The maximum Gasteiger partial charge on any atom is 0.162 e. The third-order valence-electron chi connectivity index (χ3n) is 3.41. The average molecular weight is 282 g/mol. The van der Waals surface area contributed by atoms with Crippen molar-refractivity contribution in [1.82, 2.24) is 0 Å². The summed E-state index contributed by atoms with van der Waals surface area (Å²) in [5.74, 6) is 1.78. The van der Waals surface area contributed by atoms with Gasteiger partial charge >= 0.3 is 0 Å². The molecular weight excluding hydrogens is 260 g/mol. The lowest BCUT2D eigenvalue weighted by molar-refractivity contribution is 0.0979. The van der Waals surface area contributed by atoms with Crippen molar-refractivity contribution in [3.63, 3.8) is 0 Å². The summed E-state index contributed by atoms with van der Waals surface area (Å²) in [5, 5.41) is 0. The zero-order chi connectivity index (χ0) is 14.9. The molecule has 2 rings (SSSR count). The summed E-state index contributed by atoms with van der Waals surface area (Å²) < 4.78 is 5.71. The molecule has 2 heteroatoms. The highest BCUT2D eigenvalue weighted by molar-refractivity contribution is 5.96. The van der Waals surface area contributed by atoms with Crippen molar-refractivity contribution in [1.29, 1.82) is 0 Å². The molecule has 110 valence electrons. The van der Waals surface area contributed by atoms with Gasteiger partial charge in [0.05, 0.1) is 0 Å². The Hall–Kier alpha value is -2.09. The number of rotatable bonds is 8. The van der Waals surface area contributed by atoms with Gasteiger partial charge in [-0.05, 0) is 42.8 Å². The molecule has 0 amide bonds. The zero-order valence-electron chi connectivity index (χ0n) is 12.5. The largest absolute Gasteiger partial charge is 0.457 e. The molecule has 0 N–H and O–H groups in total. The Morgan fingerprint density at radius 2 is 1.52 bits per heavy atom. The van der Waals surface area contributed by atoms with Gasteiger partial charge < -0.3 is 4.74 Å². The molecule has 2 nitrogen and oxygen atoms in total. The Labute approximate surface area is 126 Å². The highest BCUT2D eigenvalue weighted by Gasteiger charge is 2.06. The second kappa shape index (κ2) is 8.25. The number of ether oxygens (including phenoxy) is 1. The Morgan fingerprint density at radius 3 is 2.19 bits per heavy atom. The minimum atomic E-state index is 0.220. The molecule has 2 aromatic carbocycles. The van der Waals surface area contributed by atoms with Crippen LogP contribution in [0.3, 0.4) is 0 Å². The zero-order valence-corrected chi connectivity index (χ0v) is 12.5. The van der Waals surface area contributed by atoms with Gasteiger partial charge in [0.25, 0.3) is 0 Å². The van der Waals surface area contributed by atoms with E-state index < -0.39 is 0 Å². The summed E-state index contributed by atoms with van der Waals surface area (Å²) in [5.41, 5.74) is 0.770. The predicted molar refractivity (Wildman–Crippen MR) is 86.0 cm³/mol. The summed E-state index contributed by atoms with van der Waals surface area (Å²) in [6, 6.07) is 17.0. The summed E-state index contributed by atoms with van der Waals surface area (Å²) in [6.45, 7) is 2.17. The summed E-state index contributed by atoms with van der Waals surface area (Å²) in [7, 11) is 0. The molecule has 0 unspecified atom stereocenters. The number of carbonyl (C=O) groups is 1. The molecule has 0 bridgehead atoms. The lowest BCUT2D eigenvalue weighted by Gasteiger charge is -2.06. The van der Waals surface area contributed by atoms with Crippen molar-refractivity contribution in [2.75, 3.05) is 0 Å². The first-order chi connectivity index (χ1) is 10.3. The van der Waals surface area contributed by atoms with Crippen LogP contribution in [0.5, 0.6) is 11.5 Å². The lowest BCUT2D eigenvalue weighted by Crippen LogP contribution is -1.98. The maximum atomic E-state index is 12.0. The van der Waals surface area contributed by atoms with E-state index in [-0.39, 0.29) is 5.78 Å². The van der Waals surface area contributed by atoms with Gasteiger partial charge in [0.2, 0.25) is 0 Å². The van der Waals surface area contributed by atoms with E-state index in [1.807, 2.05) is 54.6 Å². The van der Waals surface area contributed by atoms with Crippen LogP contribution < -0.4 is 4.74 Å². The Bertz CT molecular complexity index is 544. The second-order valence-corrected chi connectivity index (χ2v) is 5.17. The molecule has 0 radical (unpaired) electrons. The van der Waals surface area contributed by atoms with Gasteiger partial charge in [-0.3, -0.25) is 4.79 Å². The molecule has 0 heterocycles. The van der Waals surface area contributed by atoms with Crippen LogP contribution in [0.4, 0.5) is 0 Å². The molecule has 0 fully saturated rings. The van der Waals surface area contributed by atoms with E-state index in [2.05, 4.69) is 6.92 Å². The number of unbranched alkanes of at least 4 members (excludes halogenated alkanes) is 3. The van der Waals surface area contributed by atoms with Crippen molar-refractivity contribution in [3.05, 3.63) is 60.2 Å². The summed E-state index contributed by atoms with van der Waals surface area (Å²) >= 11 is 0. The van der Waals surface area contributed by atoms with Crippen molar-refractivity contribution in [2.45, 2.75) is 39.0 Å². The number of hydrogen-bond donors (Lipinski definition) is 0. The summed E-state index contributed by atoms with van der Waals surface area (Å²) in [6.07, 6.45) is 5.15. The lowest BCUT2D eigenvalue weighted by atomic mass is 10.0. The van der Waals surface area contributed by atoms with Crippen LogP contribution in [0.15, 0.2) is 54.6 Å². The highest BCUT2D eigenvalue weighted by atomic mass is 16.5. The smallest absolute Gasteiger partial charge is 0.162 e. The van der Waals surface area contributed by atoms with E-state index in [4.69, 9.17) is 4.74 Å². The molecule has 0 atom stereocenters. The maximum absolute atomic E-state index is 12.0. The molecule has 0 spiro atoms. The van der Waals surface area contributed by atoms with Crippen LogP contribution in [0.1, 0.15) is 49.4 Å². The third-order valence-corrected chi connectivity index (χ3v) is 3.41. The van der Waals surface area contributed by atoms with Gasteiger partial charge in [-0.25, -0.2) is 0 Å². The summed E-state index contributed by atoms with van der Waals surface area (Å²) in [4.78, 5) is 12.0. The minimum absolute atomic E-state index is 0.220. The topological polar surface area (TPSA) is 26.3 Å². The van der Waals surface area contributed by atoms with Crippen molar-refractivity contribution < 1.29 is 9.53 Å². The normalized spacial score (nSPS) is 10.3. The molecule has 0 aliphatic carbocycles. The average Bonchev–Trinajstić information content (AvgIpc) is 2.53. The molecule has 21 heavy (non-hydrogen) atoms. The van der Waals surface area contributed by atoms with E-state index in [9.17, 15) is 4.79 Å². The predicted octanol–water partition coefficient (Wildman–Crippen LogP) is 5.63. The number of hydrogen-bond acceptors (Lipinski definition) is 2. The Kier molecular flexibility index (Phi) is 6.01. The fourth-order valence-electron chi connectivity index (χ4n) is 2.19. The van der Waals surface area contributed by atoms with Gasteiger partial charge in [-0.15, -0.1) is 0 Å². The van der Waals surface area contributed by atoms with Gasteiger partial charge in [0.15, 0.2) is 5.78 Å². The number of para-hydroxylation sites is 1. The van der Waals surface area contributed by atoms with E-state index in [0.717, 1.165) is 29.9 Å². The molecular formula is C19H22O2. The number of ketones is 1. The molecule has 0 saturated carbocycles. The van der Waals surface area contributed by atoms with Crippen molar-refractivity contribution >= 4 is 5.78 Å². The van der Waals surface area contributed by atoms with Crippen LogP contribution in [0.2, 0.25) is 0 Å². The fraction of sp³-hybridized carbons (Fsp3) is 0.316. The molecule has 0 aliphatic heterocycles. The standard InChI is InChI=1S/C19H22O2/c1-2-3-4-8-11-19(20)16-12-14-18(15-13-16)21-17-9-6-5-7-10-17/h5-7,9-10,12-15H,2-4,8,11H2,1H3. The van der Waals surface area contributed by atoms with E-state index in [1.54, 1.807) is 0 Å². The van der Waals surface area contributed by atoms with Crippen LogP contribution in [0, 0.1) is 0 Å². The molecule has 0 aromatic heterocycles. The first-order valence-electron chi connectivity index (χ1n) is 7.66. The van der Waals surface area contributed by atoms with Gasteiger partial charge in [0, 0.05) is 12.0 Å². The van der Waals surface area contributed by atoms with Gasteiger partial charge in [-0.2, -0.15) is 0 Å². The minimum Gasteiger partial charge on any atom is -0.457 e. The van der Waals surface area contributed by atoms with Crippen molar-refractivity contribution in [3.8, 4) is 11.5 Å². The fourth-order valence-corrected chi connectivity index (χ4v) is 2.19. The van der Waals surface area contributed by atoms with Crippen LogP contribution in [-0.4, -0.2) is 5.78 Å². The van der Waals surface area contributed by atoms with Gasteiger partial charge in [-0.1, -0.05) is 44.4 Å². The van der Waals surface area contributed by atoms with Crippen molar-refractivity contribution in [2.24, 2.45) is 0 Å². The highest BCUT2D eigenvalue weighted by Crippen LogP contribution is 2.21. The first-order valence-corrected chi connectivity index (χ1v) is 7.66. The number of carbonyl (C=O) groups excluding carboxylic acids is 1. The third kappa shape index (κ3) is 5.07. The molecule has 0 saturated heterocycles. The van der Waals surface area contributed by atoms with E-state index in [1.165, 1.54) is 12.8 Å². The molecule has 0 aliphatic rings. The Balaban J connectivity index is 1.88. The second-order valence-electron chi connectivity index (χ2n) is 5.17. The van der Waals surface area contributed by atoms with Crippen LogP contribution in [0.25, 0.3) is 0 Å². The Morgan fingerprint density at radius 1 is 0.857 bits per heavy atom. The van der Waals surface area contributed by atoms with Crippen LogP contribution in [-0.2, 0) is 0 Å². The van der Waals surface area contributed by atoms with E-state index in [0.29, 0.717) is 6.42 Å². The molecule has 2 aromatic rings. The quantitative estimate of drug-likeness (QED) is 0.463. The van der Waals surface area contributed by atoms with E-state index >= 15 is 0 Å². The number of Topliss-reactive ketones (excluding diaryl/α,β-unsaturated/α-hetero) is 1. The number of benzene rings is 2. The van der Waals surface area contributed by atoms with Gasteiger partial charge in [0.1, 0.15) is 11.5 Å². The monoisotopic (exact) mass is 282 g/mol. The first kappa shape index (κ1) is 15.3.